The standard InChI is InChI=1S/C48H63N3O12/c1-3-26-59-37-19-20-42-40(32-37)46-38(12-6-9-24-53)35(11-5-8-23-52)31-39-41(49-63-45-13-7-10-28-60-45)33-43(48(62-42,47(39)46)61-27-4-2)50(22-29-58-30-25-54)44(55)21-16-34-14-17-36(18-15-34)51(56)57/h3-4,14-21,31-32,35,38,43,45-47,52-54H,1-2,5-13,22-30,33H2. The summed E-state index contributed by atoms with van der Waals surface area (Å²) in [6.07, 6.45) is 15.2. The Hall–Kier alpha value is -4.90. The van der Waals surface area contributed by atoms with E-state index in [2.05, 4.69) is 19.2 Å². The first kappa shape index (κ1) is 47.6. The average Bonchev–Trinajstić information content (AvgIpc) is 3.30. The van der Waals surface area contributed by atoms with Gasteiger partial charge in [-0.2, -0.15) is 0 Å². The number of nitrogens with zero attached hydrogens (tertiary/aromatic N) is 3. The molecule has 0 bridgehead atoms. The molecule has 15 nitrogen and oxygen atoms in total. The van der Waals surface area contributed by atoms with Crippen molar-refractivity contribution in [2.24, 2.45) is 22.9 Å². The van der Waals surface area contributed by atoms with E-state index in [0.29, 0.717) is 55.3 Å². The number of allylic oxidation sites excluding steroid dienone is 1. The number of hydrogen-bond donors (Lipinski definition) is 3. The number of ether oxygens (including phenoxy) is 5. The minimum atomic E-state index is -1.51. The summed E-state index contributed by atoms with van der Waals surface area (Å²) in [6.45, 7) is 8.96. The lowest BCUT2D eigenvalue weighted by molar-refractivity contribution is -0.384. The zero-order valence-electron chi connectivity index (χ0n) is 36.1. The van der Waals surface area contributed by atoms with Crippen molar-refractivity contribution in [2.45, 2.75) is 88.2 Å². The minimum absolute atomic E-state index is 0.00896. The summed E-state index contributed by atoms with van der Waals surface area (Å²) in [5.41, 5.74) is 2.95. The number of rotatable bonds is 25. The van der Waals surface area contributed by atoms with Crippen LogP contribution in [0.5, 0.6) is 11.5 Å². The highest BCUT2D eigenvalue weighted by atomic mass is 16.8. The number of unbranched alkanes of at least 4 members (excludes halogenated alkanes) is 2. The van der Waals surface area contributed by atoms with Crippen LogP contribution in [0.25, 0.3) is 6.08 Å². The summed E-state index contributed by atoms with van der Waals surface area (Å²) in [4.78, 5) is 33.6. The number of oxime groups is 1. The Bertz CT molecular complexity index is 1930. The molecule has 0 spiro atoms. The van der Waals surface area contributed by atoms with Crippen molar-refractivity contribution >= 4 is 23.4 Å². The lowest BCUT2D eigenvalue weighted by atomic mass is 9.55. The van der Waals surface area contributed by atoms with Crippen molar-refractivity contribution in [1.82, 2.24) is 4.90 Å². The van der Waals surface area contributed by atoms with Crippen molar-refractivity contribution in [3.8, 4) is 11.5 Å². The Morgan fingerprint density at radius 1 is 0.984 bits per heavy atom. The third kappa shape index (κ3) is 11.6. The van der Waals surface area contributed by atoms with Gasteiger partial charge in [0.05, 0.1) is 49.6 Å². The first-order valence-electron chi connectivity index (χ1n) is 22.3. The number of carbonyl (C=O) groups excluding carboxylic acids is 1. The first-order chi connectivity index (χ1) is 30.8. The highest BCUT2D eigenvalue weighted by molar-refractivity contribution is 6.03. The number of carbonyl (C=O) groups is 1. The van der Waals surface area contributed by atoms with E-state index >= 15 is 0 Å². The molecule has 0 aromatic heterocycles. The van der Waals surface area contributed by atoms with E-state index in [4.69, 9.17) is 33.7 Å². The molecule has 342 valence electrons. The molecule has 0 radical (unpaired) electrons. The number of aliphatic hydroxyl groups excluding tert-OH is 3. The molecule has 1 saturated heterocycles. The van der Waals surface area contributed by atoms with Crippen LogP contribution in [-0.4, -0.2) is 114 Å². The molecule has 2 aliphatic carbocycles. The molecule has 2 heterocycles. The smallest absolute Gasteiger partial charge is 0.269 e. The van der Waals surface area contributed by atoms with Crippen LogP contribution in [0, 0.1) is 27.9 Å². The molecular weight excluding hydrogens is 811 g/mol. The Labute approximate surface area is 369 Å². The van der Waals surface area contributed by atoms with Gasteiger partial charge in [-0.25, -0.2) is 0 Å². The van der Waals surface area contributed by atoms with E-state index in [1.54, 1.807) is 35.3 Å². The zero-order valence-corrected chi connectivity index (χ0v) is 36.1. The second kappa shape index (κ2) is 23.7. The summed E-state index contributed by atoms with van der Waals surface area (Å²) < 4.78 is 32.2. The number of amides is 1. The van der Waals surface area contributed by atoms with Crippen LogP contribution in [0.2, 0.25) is 0 Å². The van der Waals surface area contributed by atoms with Crippen LogP contribution < -0.4 is 9.47 Å². The second-order valence-corrected chi connectivity index (χ2v) is 16.3. The third-order valence-electron chi connectivity index (χ3n) is 12.3. The number of fused-ring (bicyclic) bond motifs is 2. The monoisotopic (exact) mass is 873 g/mol. The lowest BCUT2D eigenvalue weighted by Crippen LogP contribution is -2.70. The number of hydrogen-bond acceptors (Lipinski definition) is 13. The molecule has 7 unspecified atom stereocenters. The molecule has 15 heteroatoms. The Morgan fingerprint density at radius 2 is 1.76 bits per heavy atom. The van der Waals surface area contributed by atoms with Crippen LogP contribution in [0.15, 0.2) is 90.7 Å². The van der Waals surface area contributed by atoms with Gasteiger partial charge in [-0.3, -0.25) is 14.9 Å². The minimum Gasteiger partial charge on any atom is -0.490 e. The average molecular weight is 874 g/mol. The highest BCUT2D eigenvalue weighted by Crippen LogP contribution is 2.62. The van der Waals surface area contributed by atoms with Crippen molar-refractivity contribution in [2.75, 3.05) is 59.4 Å². The molecule has 6 rings (SSSR count). The van der Waals surface area contributed by atoms with Crippen molar-refractivity contribution in [1.29, 1.82) is 0 Å². The number of nitro groups is 1. The molecule has 7 atom stereocenters. The van der Waals surface area contributed by atoms with Crippen molar-refractivity contribution in [3.63, 3.8) is 0 Å². The maximum absolute atomic E-state index is 14.9. The van der Waals surface area contributed by atoms with Gasteiger partial charge in [-0.15, -0.1) is 6.58 Å². The number of aliphatic hydroxyl groups is 3. The largest absolute Gasteiger partial charge is 0.490 e. The van der Waals surface area contributed by atoms with Gasteiger partial charge >= 0.3 is 0 Å². The van der Waals surface area contributed by atoms with E-state index < -0.39 is 34.9 Å². The van der Waals surface area contributed by atoms with Crippen LogP contribution in [0.3, 0.4) is 0 Å². The fraction of sp³-hybridized carbons (Fsp3) is 0.542. The van der Waals surface area contributed by atoms with E-state index in [1.807, 2.05) is 18.2 Å². The van der Waals surface area contributed by atoms with Gasteiger partial charge in [0.2, 0.25) is 18.0 Å². The predicted octanol–water partition coefficient (Wildman–Crippen LogP) is 6.87. The van der Waals surface area contributed by atoms with Gasteiger partial charge in [0.25, 0.3) is 5.69 Å². The maximum Gasteiger partial charge on any atom is 0.269 e. The summed E-state index contributed by atoms with van der Waals surface area (Å²) >= 11 is 0. The lowest BCUT2D eigenvalue weighted by Gasteiger charge is -2.60. The molecule has 1 saturated carbocycles. The number of benzene rings is 2. The molecule has 63 heavy (non-hydrogen) atoms. The van der Waals surface area contributed by atoms with E-state index in [0.717, 1.165) is 49.7 Å². The maximum atomic E-state index is 14.9. The van der Waals surface area contributed by atoms with E-state index in [1.165, 1.54) is 18.2 Å². The van der Waals surface area contributed by atoms with Crippen LogP contribution >= 0.6 is 0 Å². The van der Waals surface area contributed by atoms with E-state index in [9.17, 15) is 30.2 Å². The number of nitro benzene ring substituents is 1. The Kier molecular flexibility index (Phi) is 17.9. The molecule has 1 amide bonds. The molecule has 4 aliphatic rings. The summed E-state index contributed by atoms with van der Waals surface area (Å²) in [5, 5.41) is 45.7. The second-order valence-electron chi connectivity index (χ2n) is 16.3. The fourth-order valence-electron chi connectivity index (χ4n) is 9.53. The number of non-ortho nitro benzene ring substituents is 1. The van der Waals surface area contributed by atoms with E-state index in [-0.39, 0.29) is 76.0 Å². The zero-order chi connectivity index (χ0) is 44.6. The van der Waals surface area contributed by atoms with Crippen LogP contribution in [-0.2, 0) is 23.8 Å². The van der Waals surface area contributed by atoms with Crippen LogP contribution in [0.4, 0.5) is 5.69 Å². The SMILES string of the molecule is C=CCOc1ccc2c(c1)C1C(CCCCO)C(CCCCO)C=C3C(=NOC4CCCCO4)CC(N(CCOCCO)C(=O)C=Cc4ccc([N+](=O)[O-])cc4)C(OCC=C)(O2)C31. The topological polar surface area (TPSA) is 192 Å². The van der Waals surface area contributed by atoms with Crippen molar-refractivity contribution < 1.29 is 53.6 Å². The summed E-state index contributed by atoms with van der Waals surface area (Å²) in [5.74, 6) is -1.45. The molecule has 2 fully saturated rings. The Balaban J connectivity index is 1.56. The highest BCUT2D eigenvalue weighted by Gasteiger charge is 2.65. The van der Waals surface area contributed by atoms with Gasteiger partial charge in [-0.05, 0) is 97.9 Å². The van der Waals surface area contributed by atoms with Gasteiger partial charge < -0.3 is 48.7 Å². The molecule has 2 aromatic carbocycles. The first-order valence-corrected chi connectivity index (χ1v) is 22.3. The normalized spacial score (nSPS) is 25.6. The Morgan fingerprint density at radius 3 is 2.46 bits per heavy atom. The predicted molar refractivity (Wildman–Crippen MR) is 237 cm³/mol. The molecule has 2 aromatic rings. The third-order valence-corrected chi connectivity index (χ3v) is 12.3. The molecule has 3 N–H and O–H groups in total. The fourth-order valence-corrected chi connectivity index (χ4v) is 9.53. The quantitative estimate of drug-likeness (QED) is 0.0309. The van der Waals surface area contributed by atoms with Gasteiger partial charge in [0.15, 0.2) is 0 Å². The summed E-state index contributed by atoms with van der Waals surface area (Å²) in [7, 11) is 0. The van der Waals surface area contributed by atoms with Gasteiger partial charge in [0.1, 0.15) is 24.1 Å². The van der Waals surface area contributed by atoms with Crippen LogP contribution in [0.1, 0.15) is 81.3 Å². The van der Waals surface area contributed by atoms with Gasteiger partial charge in [-0.1, -0.05) is 42.8 Å². The molecule has 2 aliphatic heterocycles. The summed E-state index contributed by atoms with van der Waals surface area (Å²) in [6, 6.07) is 10.9. The van der Waals surface area contributed by atoms with Crippen molar-refractivity contribution in [3.05, 3.63) is 107 Å². The van der Waals surface area contributed by atoms with Gasteiger partial charge in [0, 0.05) is 62.3 Å². The molecular formula is C48H63N3O12.